The summed E-state index contributed by atoms with van der Waals surface area (Å²) in [4.78, 5) is 13.8. The van der Waals surface area contributed by atoms with Crippen molar-refractivity contribution in [3.8, 4) is 0 Å². The number of rotatable bonds is 6. The normalized spacial score (nSPS) is 21.5. The van der Waals surface area contributed by atoms with Crippen molar-refractivity contribution in [2.24, 2.45) is 5.73 Å². The first-order valence-electron chi connectivity index (χ1n) is 5.86. The van der Waals surface area contributed by atoms with Crippen molar-refractivity contribution in [2.45, 2.75) is 38.6 Å². The second kappa shape index (κ2) is 5.47. The predicted octanol–water partition coefficient (Wildman–Crippen LogP) is 0.326. The summed E-state index contributed by atoms with van der Waals surface area (Å²) in [5.41, 5.74) is 4.88. The third kappa shape index (κ3) is 3.47. The molecule has 1 aliphatic heterocycles. The van der Waals surface area contributed by atoms with Gasteiger partial charge < -0.3 is 16.0 Å². The zero-order chi connectivity index (χ0) is 11.3. The molecule has 0 saturated carbocycles. The van der Waals surface area contributed by atoms with Crippen molar-refractivity contribution in [1.29, 1.82) is 0 Å². The van der Waals surface area contributed by atoms with Gasteiger partial charge in [0.25, 0.3) is 0 Å². The Morgan fingerprint density at radius 1 is 1.47 bits per heavy atom. The molecule has 0 aromatic carbocycles. The second-order valence-electron chi connectivity index (χ2n) is 4.53. The lowest BCUT2D eigenvalue weighted by Crippen LogP contribution is -2.54. The Labute approximate surface area is 92.2 Å². The molecule has 3 N–H and O–H groups in total. The number of nitrogens with two attached hydrogens (primary N) is 1. The van der Waals surface area contributed by atoms with Crippen molar-refractivity contribution in [3.63, 3.8) is 0 Å². The molecule has 0 aliphatic carbocycles. The van der Waals surface area contributed by atoms with Crippen LogP contribution in [0.15, 0.2) is 0 Å². The number of nitrogens with one attached hydrogen (secondary N) is 1. The quantitative estimate of drug-likeness (QED) is 0.668. The standard InChI is InChI=1S/C11H23N3O/c1-3-13-11(2,10(12)15)6-9-14-7-4-5-8-14/h13H,3-9H2,1-2H3,(H2,12,15). The van der Waals surface area contributed by atoms with E-state index in [1.807, 2.05) is 13.8 Å². The van der Waals surface area contributed by atoms with Crippen LogP contribution in [0.3, 0.4) is 0 Å². The third-order valence-corrected chi connectivity index (χ3v) is 3.24. The number of primary amides is 1. The van der Waals surface area contributed by atoms with Crippen molar-refractivity contribution >= 4 is 5.91 Å². The fourth-order valence-electron chi connectivity index (χ4n) is 2.08. The molecule has 1 rings (SSSR count). The van der Waals surface area contributed by atoms with Gasteiger partial charge in [-0.2, -0.15) is 0 Å². The molecule has 1 aliphatic rings. The smallest absolute Gasteiger partial charge is 0.237 e. The first-order valence-corrected chi connectivity index (χ1v) is 5.86. The molecule has 88 valence electrons. The largest absolute Gasteiger partial charge is 0.368 e. The third-order valence-electron chi connectivity index (χ3n) is 3.24. The van der Waals surface area contributed by atoms with E-state index in [4.69, 9.17) is 5.73 Å². The highest BCUT2D eigenvalue weighted by atomic mass is 16.1. The Balaban J connectivity index is 2.40. The molecule has 15 heavy (non-hydrogen) atoms. The van der Waals surface area contributed by atoms with Crippen LogP contribution in [0.1, 0.15) is 33.1 Å². The van der Waals surface area contributed by atoms with Crippen molar-refractivity contribution in [1.82, 2.24) is 10.2 Å². The number of likely N-dealkylation sites (tertiary alicyclic amines) is 1. The van der Waals surface area contributed by atoms with Crippen molar-refractivity contribution in [3.05, 3.63) is 0 Å². The average molecular weight is 213 g/mol. The van der Waals surface area contributed by atoms with Gasteiger partial charge in [-0.25, -0.2) is 0 Å². The summed E-state index contributed by atoms with van der Waals surface area (Å²) in [6, 6.07) is 0. The summed E-state index contributed by atoms with van der Waals surface area (Å²) in [5, 5.41) is 3.18. The van der Waals surface area contributed by atoms with Gasteiger partial charge in [0, 0.05) is 6.54 Å². The highest BCUT2D eigenvalue weighted by Gasteiger charge is 2.30. The number of carbonyl (C=O) groups is 1. The minimum Gasteiger partial charge on any atom is -0.368 e. The van der Waals surface area contributed by atoms with Gasteiger partial charge in [-0.15, -0.1) is 0 Å². The molecule has 4 heteroatoms. The highest BCUT2D eigenvalue weighted by molar-refractivity contribution is 5.84. The van der Waals surface area contributed by atoms with Crippen LogP contribution >= 0.6 is 0 Å². The average Bonchev–Trinajstić information content (AvgIpc) is 2.67. The van der Waals surface area contributed by atoms with Gasteiger partial charge in [-0.3, -0.25) is 4.79 Å². The van der Waals surface area contributed by atoms with E-state index in [1.54, 1.807) is 0 Å². The molecule has 0 bridgehead atoms. The Morgan fingerprint density at radius 2 is 2.07 bits per heavy atom. The van der Waals surface area contributed by atoms with E-state index in [2.05, 4.69) is 10.2 Å². The summed E-state index contributed by atoms with van der Waals surface area (Å²) >= 11 is 0. The Kier molecular flexibility index (Phi) is 4.54. The zero-order valence-electron chi connectivity index (χ0n) is 9.88. The van der Waals surface area contributed by atoms with Crippen LogP contribution in [0.5, 0.6) is 0 Å². The van der Waals surface area contributed by atoms with Crippen LogP contribution in [0.2, 0.25) is 0 Å². The summed E-state index contributed by atoms with van der Waals surface area (Å²) in [7, 11) is 0. The zero-order valence-corrected chi connectivity index (χ0v) is 9.88. The first kappa shape index (κ1) is 12.5. The maximum atomic E-state index is 11.4. The van der Waals surface area contributed by atoms with Gasteiger partial charge in [0.05, 0.1) is 5.54 Å². The molecule has 0 aromatic rings. The van der Waals surface area contributed by atoms with Crippen molar-refractivity contribution < 1.29 is 4.79 Å². The molecule has 0 radical (unpaired) electrons. The van der Waals surface area contributed by atoms with E-state index in [0.717, 1.165) is 19.5 Å². The Bertz CT molecular complexity index is 214. The number of likely N-dealkylation sites (N-methyl/N-ethyl adjacent to an activating group) is 1. The maximum Gasteiger partial charge on any atom is 0.237 e. The molecule has 1 amide bonds. The van der Waals surface area contributed by atoms with Gasteiger partial charge in [-0.05, 0) is 45.8 Å². The lowest BCUT2D eigenvalue weighted by atomic mass is 9.96. The van der Waals surface area contributed by atoms with E-state index in [-0.39, 0.29) is 5.91 Å². The molecule has 1 saturated heterocycles. The van der Waals surface area contributed by atoms with E-state index in [1.165, 1.54) is 25.9 Å². The molecule has 1 unspecified atom stereocenters. The Hall–Kier alpha value is -0.610. The number of hydrogen-bond donors (Lipinski definition) is 2. The van der Waals surface area contributed by atoms with E-state index in [9.17, 15) is 4.79 Å². The fraction of sp³-hybridized carbons (Fsp3) is 0.909. The van der Waals surface area contributed by atoms with E-state index in [0.29, 0.717) is 0 Å². The van der Waals surface area contributed by atoms with Crippen LogP contribution in [0.4, 0.5) is 0 Å². The lowest BCUT2D eigenvalue weighted by Gasteiger charge is -2.29. The SMILES string of the molecule is CCNC(C)(CCN1CCCC1)C(N)=O. The van der Waals surface area contributed by atoms with Gasteiger partial charge in [0.2, 0.25) is 5.91 Å². The molecule has 1 fully saturated rings. The van der Waals surface area contributed by atoms with Gasteiger partial charge in [0.15, 0.2) is 0 Å². The monoisotopic (exact) mass is 213 g/mol. The number of hydrogen-bond acceptors (Lipinski definition) is 3. The van der Waals surface area contributed by atoms with Crippen molar-refractivity contribution in [2.75, 3.05) is 26.2 Å². The highest BCUT2D eigenvalue weighted by Crippen LogP contribution is 2.13. The molecule has 1 atom stereocenters. The summed E-state index contributed by atoms with van der Waals surface area (Å²) < 4.78 is 0. The fourth-order valence-corrected chi connectivity index (χ4v) is 2.08. The predicted molar refractivity (Wildman–Crippen MR) is 61.6 cm³/mol. The lowest BCUT2D eigenvalue weighted by molar-refractivity contribution is -0.124. The minimum absolute atomic E-state index is 0.247. The number of amides is 1. The van der Waals surface area contributed by atoms with Crippen LogP contribution in [-0.4, -0.2) is 42.5 Å². The molecule has 0 aromatic heterocycles. The molecule has 1 heterocycles. The van der Waals surface area contributed by atoms with Crippen LogP contribution in [0, 0.1) is 0 Å². The second-order valence-corrected chi connectivity index (χ2v) is 4.53. The molecule has 0 spiro atoms. The van der Waals surface area contributed by atoms with Crippen LogP contribution in [-0.2, 0) is 4.79 Å². The van der Waals surface area contributed by atoms with Gasteiger partial charge >= 0.3 is 0 Å². The van der Waals surface area contributed by atoms with Gasteiger partial charge in [0.1, 0.15) is 0 Å². The number of carbonyl (C=O) groups excluding carboxylic acids is 1. The summed E-state index contributed by atoms with van der Waals surface area (Å²) in [6.07, 6.45) is 3.37. The van der Waals surface area contributed by atoms with Crippen LogP contribution in [0.25, 0.3) is 0 Å². The summed E-state index contributed by atoms with van der Waals surface area (Å²) in [6.45, 7) is 7.97. The topological polar surface area (TPSA) is 58.4 Å². The minimum atomic E-state index is -0.544. The van der Waals surface area contributed by atoms with E-state index >= 15 is 0 Å². The first-order chi connectivity index (χ1) is 7.08. The van der Waals surface area contributed by atoms with Gasteiger partial charge in [-0.1, -0.05) is 6.92 Å². The maximum absolute atomic E-state index is 11.4. The summed E-state index contributed by atoms with van der Waals surface area (Å²) in [5.74, 6) is -0.247. The molecular weight excluding hydrogens is 190 g/mol. The Morgan fingerprint density at radius 3 is 2.53 bits per heavy atom. The molecular formula is C11H23N3O. The van der Waals surface area contributed by atoms with Crippen LogP contribution < -0.4 is 11.1 Å². The number of nitrogens with zero attached hydrogens (tertiary/aromatic N) is 1. The van der Waals surface area contributed by atoms with E-state index < -0.39 is 5.54 Å². The molecule has 4 nitrogen and oxygen atoms in total.